The molecule has 60 valence electrons. The number of aromatic nitrogens is 3. The lowest BCUT2D eigenvalue weighted by Gasteiger charge is -1.90. The maximum Gasteiger partial charge on any atom is 0.354 e. The molecule has 0 saturated carbocycles. The van der Waals surface area contributed by atoms with Crippen molar-refractivity contribution in [1.29, 1.82) is 0 Å². The number of nitrogens with one attached hydrogen (secondary N) is 1. The first-order valence-corrected chi connectivity index (χ1v) is 3.31. The molecule has 2 N–H and O–H groups in total. The Morgan fingerprint density at radius 3 is 3.08 bits per heavy atom. The van der Waals surface area contributed by atoms with E-state index < -0.39 is 5.97 Å². The van der Waals surface area contributed by atoms with Crippen LogP contribution in [0.3, 0.4) is 0 Å². The molecular weight excluding hydrogens is 158 g/mol. The molecule has 0 fully saturated rings. The number of carboxylic acid groups (broad SMARTS) is 1. The number of carbonyl (C=O) groups is 1. The van der Waals surface area contributed by atoms with Gasteiger partial charge >= 0.3 is 5.97 Å². The van der Waals surface area contributed by atoms with E-state index in [0.29, 0.717) is 11.5 Å². The van der Waals surface area contributed by atoms with Crippen LogP contribution in [0.5, 0.6) is 0 Å². The van der Waals surface area contributed by atoms with E-state index in [1.165, 1.54) is 12.3 Å². The van der Waals surface area contributed by atoms with E-state index in [1.807, 2.05) is 0 Å². The molecule has 2 aliphatic heterocycles. The van der Waals surface area contributed by atoms with Gasteiger partial charge in [-0.1, -0.05) is 0 Å². The van der Waals surface area contributed by atoms with Crippen molar-refractivity contribution in [2.75, 3.05) is 0 Å². The largest absolute Gasteiger partial charge is 0.477 e. The van der Waals surface area contributed by atoms with Crippen molar-refractivity contribution in [2.24, 2.45) is 0 Å². The van der Waals surface area contributed by atoms with Gasteiger partial charge in [-0.15, -0.1) is 0 Å². The van der Waals surface area contributed by atoms with Crippen LogP contribution in [0.25, 0.3) is 11.5 Å². The van der Waals surface area contributed by atoms with Gasteiger partial charge < -0.3 is 10.1 Å². The van der Waals surface area contributed by atoms with Gasteiger partial charge in [0.25, 0.3) is 0 Å². The molecule has 0 bridgehead atoms. The highest BCUT2D eigenvalue weighted by molar-refractivity contribution is 5.87. The Bertz CT molecular complexity index is 366. The molecule has 0 saturated heterocycles. The topological polar surface area (TPSA) is 78.9 Å². The van der Waals surface area contributed by atoms with Crippen LogP contribution < -0.4 is 0 Å². The molecule has 2 heterocycles. The number of fused-ring (bicyclic) bond motifs is 1. The number of hydrogen-bond donors (Lipinski definition) is 2. The monoisotopic (exact) mass is 163 g/mol. The Labute approximate surface area is 67.4 Å². The van der Waals surface area contributed by atoms with Crippen molar-refractivity contribution in [3.05, 3.63) is 24.2 Å². The van der Waals surface area contributed by atoms with Crippen molar-refractivity contribution in [3.63, 3.8) is 0 Å². The lowest BCUT2D eigenvalue weighted by molar-refractivity contribution is 0.0691. The Balaban J connectivity index is 2.63. The summed E-state index contributed by atoms with van der Waals surface area (Å²) in [6.45, 7) is 0. The Kier molecular flexibility index (Phi) is 1.30. The second-order valence-corrected chi connectivity index (χ2v) is 2.27. The van der Waals surface area contributed by atoms with Gasteiger partial charge in [-0.2, -0.15) is 0 Å². The molecular formula is C7H5N3O2. The highest BCUT2D eigenvalue weighted by atomic mass is 16.4. The average molecular weight is 163 g/mol. The van der Waals surface area contributed by atoms with E-state index in [4.69, 9.17) is 5.11 Å². The zero-order valence-corrected chi connectivity index (χ0v) is 5.98. The smallest absolute Gasteiger partial charge is 0.354 e. The third kappa shape index (κ3) is 0.914. The van der Waals surface area contributed by atoms with Crippen LogP contribution in [-0.4, -0.2) is 26.0 Å². The van der Waals surface area contributed by atoms with Gasteiger partial charge in [-0.05, 0) is 6.07 Å². The van der Waals surface area contributed by atoms with E-state index in [2.05, 4.69) is 15.0 Å². The van der Waals surface area contributed by atoms with Crippen LogP contribution in [0.2, 0.25) is 0 Å². The number of aromatic carboxylic acids is 1. The number of H-pyrrole nitrogens is 1. The van der Waals surface area contributed by atoms with Gasteiger partial charge in [0.1, 0.15) is 0 Å². The molecule has 0 aromatic carbocycles. The molecule has 0 aliphatic carbocycles. The fourth-order valence-corrected chi connectivity index (χ4v) is 0.957. The summed E-state index contributed by atoms with van der Waals surface area (Å²) >= 11 is 0. The molecule has 0 unspecified atom stereocenters. The van der Waals surface area contributed by atoms with Crippen LogP contribution in [0.15, 0.2) is 18.5 Å². The SMILES string of the molecule is O=C(O)c1cc2[nH]ccnc-2n1. The first kappa shape index (κ1) is 6.78. The number of aromatic amines is 1. The highest BCUT2D eigenvalue weighted by Crippen LogP contribution is 2.15. The maximum atomic E-state index is 10.5. The van der Waals surface area contributed by atoms with Crippen LogP contribution in [0.4, 0.5) is 0 Å². The van der Waals surface area contributed by atoms with Gasteiger partial charge in [0.05, 0.1) is 5.69 Å². The van der Waals surface area contributed by atoms with E-state index in [9.17, 15) is 4.79 Å². The molecule has 5 nitrogen and oxygen atoms in total. The quantitative estimate of drug-likeness (QED) is 0.645. The third-order valence-corrected chi connectivity index (χ3v) is 1.48. The molecule has 12 heavy (non-hydrogen) atoms. The molecule has 0 spiro atoms. The molecule has 0 aromatic rings. The van der Waals surface area contributed by atoms with Crippen molar-refractivity contribution < 1.29 is 9.90 Å². The zero-order valence-electron chi connectivity index (χ0n) is 5.98. The summed E-state index contributed by atoms with van der Waals surface area (Å²) in [6.07, 6.45) is 3.15. The first-order valence-electron chi connectivity index (χ1n) is 3.31. The molecule has 2 rings (SSSR count). The van der Waals surface area contributed by atoms with Gasteiger partial charge in [0.2, 0.25) is 0 Å². The van der Waals surface area contributed by atoms with Gasteiger partial charge in [-0.3, -0.25) is 0 Å². The molecule has 2 aliphatic rings. The second kappa shape index (κ2) is 2.30. The minimum atomic E-state index is -1.04. The normalized spacial score (nSPS) is 10.3. The number of hydrogen-bond acceptors (Lipinski definition) is 3. The number of nitrogens with zero attached hydrogens (tertiary/aromatic N) is 2. The molecule has 0 atom stereocenters. The molecule has 5 heteroatoms. The van der Waals surface area contributed by atoms with Crippen molar-refractivity contribution in [2.45, 2.75) is 0 Å². The Morgan fingerprint density at radius 1 is 1.58 bits per heavy atom. The predicted octanol–water partition coefficient (Wildman–Crippen LogP) is 0.608. The summed E-state index contributed by atoms with van der Waals surface area (Å²) in [5, 5.41) is 8.58. The van der Waals surface area contributed by atoms with Crippen molar-refractivity contribution >= 4 is 5.97 Å². The van der Waals surface area contributed by atoms with Crippen LogP contribution >= 0.6 is 0 Å². The number of rotatable bonds is 1. The van der Waals surface area contributed by atoms with Gasteiger partial charge in [-0.25, -0.2) is 14.8 Å². The minimum absolute atomic E-state index is 0.0138. The fourth-order valence-electron chi connectivity index (χ4n) is 0.957. The van der Waals surface area contributed by atoms with E-state index in [-0.39, 0.29) is 5.69 Å². The third-order valence-electron chi connectivity index (χ3n) is 1.48. The standard InChI is InChI=1S/C7H5N3O2/c11-7(12)5-3-4-6(10-5)9-2-1-8-4/h1-3,8H,(H,11,12). The number of carboxylic acids is 1. The molecule has 0 aromatic heterocycles. The highest BCUT2D eigenvalue weighted by Gasteiger charge is 2.13. The zero-order chi connectivity index (χ0) is 8.55. The second-order valence-electron chi connectivity index (χ2n) is 2.27. The summed E-state index contributed by atoms with van der Waals surface area (Å²) in [5.74, 6) is -0.615. The van der Waals surface area contributed by atoms with Gasteiger partial charge in [0.15, 0.2) is 11.5 Å². The van der Waals surface area contributed by atoms with Crippen LogP contribution in [-0.2, 0) is 0 Å². The van der Waals surface area contributed by atoms with E-state index >= 15 is 0 Å². The lowest BCUT2D eigenvalue weighted by Crippen LogP contribution is -1.94. The summed E-state index contributed by atoms with van der Waals surface area (Å²) in [4.78, 5) is 21.0. The molecule has 0 radical (unpaired) electrons. The molecule has 0 amide bonds. The fraction of sp³-hybridized carbons (Fsp3) is 0. The van der Waals surface area contributed by atoms with Gasteiger partial charge in [0, 0.05) is 12.4 Å². The van der Waals surface area contributed by atoms with Crippen LogP contribution in [0.1, 0.15) is 10.5 Å². The Hall–Kier alpha value is -1.91. The predicted molar refractivity (Wildman–Crippen MR) is 40.0 cm³/mol. The van der Waals surface area contributed by atoms with Crippen molar-refractivity contribution in [3.8, 4) is 11.5 Å². The summed E-state index contributed by atoms with van der Waals surface area (Å²) in [6, 6.07) is 1.45. The summed E-state index contributed by atoms with van der Waals surface area (Å²) in [5.41, 5.74) is 0.648. The Morgan fingerprint density at radius 2 is 2.42 bits per heavy atom. The van der Waals surface area contributed by atoms with E-state index in [1.54, 1.807) is 6.20 Å². The maximum absolute atomic E-state index is 10.5. The van der Waals surface area contributed by atoms with Crippen molar-refractivity contribution in [1.82, 2.24) is 15.0 Å². The van der Waals surface area contributed by atoms with E-state index in [0.717, 1.165) is 0 Å². The summed E-state index contributed by atoms with van der Waals surface area (Å²) < 4.78 is 0. The summed E-state index contributed by atoms with van der Waals surface area (Å²) in [7, 11) is 0. The minimum Gasteiger partial charge on any atom is -0.477 e. The average Bonchev–Trinajstić information content (AvgIpc) is 2.46. The van der Waals surface area contributed by atoms with Crippen LogP contribution in [0, 0.1) is 0 Å². The lowest BCUT2D eigenvalue weighted by atomic mass is 10.4. The first-order chi connectivity index (χ1) is 5.77.